The highest BCUT2D eigenvalue weighted by molar-refractivity contribution is 5.91. The number of benzene rings is 1. The zero-order chi connectivity index (χ0) is 13.4. The molecule has 1 aromatic carbocycles. The molecule has 0 bridgehead atoms. The van der Waals surface area contributed by atoms with Crippen molar-refractivity contribution in [3.8, 4) is 5.75 Å². The lowest BCUT2D eigenvalue weighted by Gasteiger charge is -2.05. The number of hydrogen-bond donors (Lipinski definition) is 1. The summed E-state index contributed by atoms with van der Waals surface area (Å²) in [6.07, 6.45) is 5.07. The molecule has 98 valence electrons. The van der Waals surface area contributed by atoms with Crippen molar-refractivity contribution in [2.75, 3.05) is 6.61 Å². The third kappa shape index (κ3) is 5.04. The van der Waals surface area contributed by atoms with Gasteiger partial charge in [-0.2, -0.15) is 0 Å². The van der Waals surface area contributed by atoms with Gasteiger partial charge in [0, 0.05) is 5.57 Å². The summed E-state index contributed by atoms with van der Waals surface area (Å²) < 4.78 is 5.58. The van der Waals surface area contributed by atoms with Crippen molar-refractivity contribution in [1.82, 2.24) is 0 Å². The molecule has 0 fully saturated rings. The van der Waals surface area contributed by atoms with Crippen LogP contribution in [0.3, 0.4) is 0 Å². The van der Waals surface area contributed by atoms with Crippen molar-refractivity contribution >= 4 is 12.0 Å². The Hall–Kier alpha value is -1.77. The second-order valence-electron chi connectivity index (χ2n) is 4.26. The van der Waals surface area contributed by atoms with E-state index in [9.17, 15) is 4.79 Å². The van der Waals surface area contributed by atoms with Crippen LogP contribution in [0, 0.1) is 0 Å². The van der Waals surface area contributed by atoms with Gasteiger partial charge in [0.2, 0.25) is 0 Å². The van der Waals surface area contributed by atoms with Crippen molar-refractivity contribution in [3.05, 3.63) is 35.4 Å². The minimum atomic E-state index is -0.894. The van der Waals surface area contributed by atoms with Crippen LogP contribution in [0.4, 0.5) is 0 Å². The normalized spacial score (nSPS) is 11.3. The molecule has 0 spiro atoms. The topological polar surface area (TPSA) is 46.5 Å². The van der Waals surface area contributed by atoms with Crippen LogP contribution in [-0.4, -0.2) is 17.7 Å². The lowest BCUT2D eigenvalue weighted by atomic mass is 10.1. The summed E-state index contributed by atoms with van der Waals surface area (Å²) in [7, 11) is 0. The van der Waals surface area contributed by atoms with E-state index in [0.29, 0.717) is 5.57 Å². The molecular formula is C15H20O3. The molecule has 0 heterocycles. The van der Waals surface area contributed by atoms with Gasteiger partial charge < -0.3 is 9.84 Å². The number of ether oxygens (including phenoxy) is 1. The predicted octanol–water partition coefficient (Wildman–Crippen LogP) is 3.74. The van der Waals surface area contributed by atoms with Gasteiger partial charge in [-0.25, -0.2) is 4.79 Å². The maximum absolute atomic E-state index is 10.7. The Bertz CT molecular complexity index is 404. The van der Waals surface area contributed by atoms with Gasteiger partial charge in [-0.05, 0) is 37.1 Å². The first kappa shape index (κ1) is 14.3. The predicted molar refractivity (Wildman–Crippen MR) is 72.7 cm³/mol. The average Bonchev–Trinajstić information content (AvgIpc) is 2.36. The van der Waals surface area contributed by atoms with Crippen molar-refractivity contribution in [2.24, 2.45) is 0 Å². The summed E-state index contributed by atoms with van der Waals surface area (Å²) in [4.78, 5) is 10.7. The molecule has 1 rings (SSSR count). The third-order valence-corrected chi connectivity index (χ3v) is 2.62. The van der Waals surface area contributed by atoms with Crippen LogP contribution in [0.1, 0.15) is 38.7 Å². The number of aliphatic carboxylic acids is 1. The van der Waals surface area contributed by atoms with E-state index in [1.165, 1.54) is 12.8 Å². The smallest absolute Gasteiger partial charge is 0.331 e. The van der Waals surface area contributed by atoms with E-state index in [-0.39, 0.29) is 0 Å². The van der Waals surface area contributed by atoms with Crippen molar-refractivity contribution in [2.45, 2.75) is 33.1 Å². The van der Waals surface area contributed by atoms with Crippen LogP contribution in [0.5, 0.6) is 5.75 Å². The molecular weight excluding hydrogens is 228 g/mol. The summed E-state index contributed by atoms with van der Waals surface area (Å²) in [5, 5.41) is 8.77. The Morgan fingerprint density at radius 1 is 1.28 bits per heavy atom. The van der Waals surface area contributed by atoms with E-state index in [1.807, 2.05) is 24.3 Å². The fourth-order valence-electron chi connectivity index (χ4n) is 1.51. The van der Waals surface area contributed by atoms with Crippen LogP contribution in [-0.2, 0) is 4.79 Å². The number of carbonyl (C=O) groups is 1. The first-order valence-electron chi connectivity index (χ1n) is 6.28. The molecule has 0 aromatic heterocycles. The molecule has 0 amide bonds. The second kappa shape index (κ2) is 7.54. The SMILES string of the molecule is CCCCCOc1ccc(C=C(C)C(=O)O)cc1. The Balaban J connectivity index is 2.52. The monoisotopic (exact) mass is 248 g/mol. The summed E-state index contributed by atoms with van der Waals surface area (Å²) in [6, 6.07) is 7.46. The summed E-state index contributed by atoms with van der Waals surface area (Å²) >= 11 is 0. The molecule has 0 unspecified atom stereocenters. The fourth-order valence-corrected chi connectivity index (χ4v) is 1.51. The number of rotatable bonds is 7. The number of hydrogen-bond acceptors (Lipinski definition) is 2. The lowest BCUT2D eigenvalue weighted by Crippen LogP contribution is -1.97. The van der Waals surface area contributed by atoms with E-state index in [2.05, 4.69) is 6.92 Å². The first-order chi connectivity index (χ1) is 8.63. The molecule has 18 heavy (non-hydrogen) atoms. The van der Waals surface area contributed by atoms with Crippen molar-refractivity contribution < 1.29 is 14.6 Å². The van der Waals surface area contributed by atoms with Crippen LogP contribution in [0.25, 0.3) is 6.08 Å². The molecule has 0 atom stereocenters. The lowest BCUT2D eigenvalue weighted by molar-refractivity contribution is -0.132. The molecule has 0 aliphatic carbocycles. The van der Waals surface area contributed by atoms with E-state index in [0.717, 1.165) is 24.3 Å². The zero-order valence-corrected chi connectivity index (χ0v) is 11.0. The van der Waals surface area contributed by atoms with Crippen LogP contribution < -0.4 is 4.74 Å². The summed E-state index contributed by atoms with van der Waals surface area (Å²) in [6.45, 7) is 4.47. The highest BCUT2D eigenvalue weighted by Gasteiger charge is 2.00. The molecule has 1 N–H and O–H groups in total. The Kier molecular flexibility index (Phi) is 5.98. The minimum Gasteiger partial charge on any atom is -0.494 e. The Morgan fingerprint density at radius 2 is 1.94 bits per heavy atom. The maximum atomic E-state index is 10.7. The van der Waals surface area contributed by atoms with Gasteiger partial charge in [0.25, 0.3) is 0 Å². The molecule has 0 radical (unpaired) electrons. The standard InChI is InChI=1S/C15H20O3/c1-3-4-5-10-18-14-8-6-13(7-9-14)11-12(2)15(16)17/h6-9,11H,3-5,10H2,1-2H3,(H,16,17). The van der Waals surface area contributed by atoms with Gasteiger partial charge >= 0.3 is 5.97 Å². The molecule has 3 heteroatoms. The van der Waals surface area contributed by atoms with Gasteiger partial charge in [-0.3, -0.25) is 0 Å². The molecule has 3 nitrogen and oxygen atoms in total. The maximum Gasteiger partial charge on any atom is 0.331 e. The minimum absolute atomic E-state index is 0.326. The van der Waals surface area contributed by atoms with Gasteiger partial charge in [0.15, 0.2) is 0 Å². The Morgan fingerprint density at radius 3 is 2.50 bits per heavy atom. The van der Waals surface area contributed by atoms with Crippen LogP contribution in [0.2, 0.25) is 0 Å². The van der Waals surface area contributed by atoms with E-state index in [1.54, 1.807) is 13.0 Å². The summed E-state index contributed by atoms with van der Waals surface area (Å²) in [5.41, 5.74) is 1.20. The van der Waals surface area contributed by atoms with Crippen molar-refractivity contribution in [1.29, 1.82) is 0 Å². The van der Waals surface area contributed by atoms with E-state index < -0.39 is 5.97 Å². The molecule has 0 saturated heterocycles. The molecule has 0 aliphatic rings. The Labute approximate surface area is 108 Å². The number of carboxylic acids is 1. The zero-order valence-electron chi connectivity index (χ0n) is 11.0. The highest BCUT2D eigenvalue weighted by Crippen LogP contribution is 2.15. The van der Waals surface area contributed by atoms with Crippen LogP contribution in [0.15, 0.2) is 29.8 Å². The average molecular weight is 248 g/mol. The number of unbranched alkanes of at least 4 members (excludes halogenated alkanes) is 2. The summed E-state index contributed by atoms with van der Waals surface area (Å²) in [5.74, 6) is -0.0638. The number of carboxylic acid groups (broad SMARTS) is 1. The van der Waals surface area contributed by atoms with Gasteiger partial charge in [0.1, 0.15) is 5.75 Å². The molecule has 0 saturated carbocycles. The van der Waals surface area contributed by atoms with E-state index >= 15 is 0 Å². The third-order valence-electron chi connectivity index (χ3n) is 2.62. The second-order valence-corrected chi connectivity index (χ2v) is 4.26. The first-order valence-corrected chi connectivity index (χ1v) is 6.28. The van der Waals surface area contributed by atoms with Gasteiger partial charge in [0.05, 0.1) is 6.61 Å². The molecule has 1 aromatic rings. The van der Waals surface area contributed by atoms with Gasteiger partial charge in [-0.1, -0.05) is 31.9 Å². The quantitative estimate of drug-likeness (QED) is 0.590. The van der Waals surface area contributed by atoms with Gasteiger partial charge in [-0.15, -0.1) is 0 Å². The largest absolute Gasteiger partial charge is 0.494 e. The fraction of sp³-hybridized carbons (Fsp3) is 0.400. The van der Waals surface area contributed by atoms with Crippen molar-refractivity contribution in [3.63, 3.8) is 0 Å². The van der Waals surface area contributed by atoms with E-state index in [4.69, 9.17) is 9.84 Å². The highest BCUT2D eigenvalue weighted by atomic mass is 16.5. The molecule has 0 aliphatic heterocycles. The van der Waals surface area contributed by atoms with Crippen LogP contribution >= 0.6 is 0 Å².